The molecule has 0 aromatic rings. The highest BCUT2D eigenvalue weighted by atomic mass is 32.2. The summed E-state index contributed by atoms with van der Waals surface area (Å²) >= 11 is 2.00. The molecule has 0 spiro atoms. The van der Waals surface area contributed by atoms with E-state index >= 15 is 0 Å². The van der Waals surface area contributed by atoms with Crippen molar-refractivity contribution in [3.05, 3.63) is 0 Å². The molecule has 2 N–H and O–H groups in total. The second-order valence-electron chi connectivity index (χ2n) is 3.37. The zero-order valence-electron chi connectivity index (χ0n) is 8.16. The fourth-order valence-electron chi connectivity index (χ4n) is 1.58. The molecule has 1 aliphatic heterocycles. The predicted octanol–water partition coefficient (Wildman–Crippen LogP) is 1.04. The first kappa shape index (κ1) is 10.9. The molecule has 1 atom stereocenters. The molecule has 0 saturated carbocycles. The molecule has 1 fully saturated rings. The van der Waals surface area contributed by atoms with Gasteiger partial charge in [-0.1, -0.05) is 13.3 Å². The van der Waals surface area contributed by atoms with Crippen molar-refractivity contribution in [1.82, 2.24) is 4.90 Å². The highest BCUT2D eigenvalue weighted by Crippen LogP contribution is 2.27. The van der Waals surface area contributed by atoms with Crippen LogP contribution in [0.15, 0.2) is 0 Å². The number of carbonyl (C=O) groups excluding carboxylic acids is 1. The maximum atomic E-state index is 10.6. The normalized spacial score (nSPS) is 23.6. The Hall–Kier alpha value is -0.220. The van der Waals surface area contributed by atoms with Gasteiger partial charge >= 0.3 is 0 Å². The van der Waals surface area contributed by atoms with E-state index in [2.05, 4.69) is 11.8 Å². The Morgan fingerprint density at radius 1 is 1.69 bits per heavy atom. The van der Waals surface area contributed by atoms with Gasteiger partial charge in [0.2, 0.25) is 5.91 Å². The summed E-state index contributed by atoms with van der Waals surface area (Å²) in [4.78, 5) is 13.0. The van der Waals surface area contributed by atoms with E-state index in [0.717, 1.165) is 13.1 Å². The zero-order chi connectivity index (χ0) is 9.68. The number of nitrogens with zero attached hydrogens (tertiary/aromatic N) is 1. The standard InChI is InChI=1S/C9H18N2OS/c1-2-3-9-11(6-7-13-9)5-4-8(10)12/h9H,2-7H2,1H3,(H2,10,12)/t9-/m0/s1. The summed E-state index contributed by atoms with van der Waals surface area (Å²) in [5, 5.41) is 0.629. The van der Waals surface area contributed by atoms with Gasteiger partial charge in [0.25, 0.3) is 0 Å². The van der Waals surface area contributed by atoms with E-state index in [9.17, 15) is 4.79 Å². The van der Waals surface area contributed by atoms with E-state index in [1.807, 2.05) is 11.8 Å². The number of thioether (sulfide) groups is 1. The van der Waals surface area contributed by atoms with Gasteiger partial charge in [-0.2, -0.15) is 0 Å². The third-order valence-electron chi connectivity index (χ3n) is 2.28. The minimum Gasteiger partial charge on any atom is -0.370 e. The Balaban J connectivity index is 2.26. The SMILES string of the molecule is CCC[C@@H]1SCCN1CCC(N)=O. The number of hydrogen-bond acceptors (Lipinski definition) is 3. The summed E-state index contributed by atoms with van der Waals surface area (Å²) in [5.74, 6) is 1.01. The van der Waals surface area contributed by atoms with E-state index < -0.39 is 0 Å². The Morgan fingerprint density at radius 3 is 3.08 bits per heavy atom. The molecule has 1 heterocycles. The number of nitrogens with two attached hydrogens (primary N) is 1. The van der Waals surface area contributed by atoms with Gasteiger partial charge in [0.05, 0.1) is 5.37 Å². The first-order valence-corrected chi connectivity index (χ1v) is 5.93. The maximum absolute atomic E-state index is 10.6. The first-order valence-electron chi connectivity index (χ1n) is 4.88. The lowest BCUT2D eigenvalue weighted by molar-refractivity contribution is -0.118. The van der Waals surface area contributed by atoms with Crippen LogP contribution >= 0.6 is 11.8 Å². The summed E-state index contributed by atoms with van der Waals surface area (Å²) in [7, 11) is 0. The van der Waals surface area contributed by atoms with Gasteiger partial charge < -0.3 is 5.73 Å². The molecule has 13 heavy (non-hydrogen) atoms. The summed E-state index contributed by atoms with van der Waals surface area (Å²) in [5.41, 5.74) is 5.12. The molecule has 1 rings (SSSR count). The Labute approximate surface area is 84.0 Å². The number of primary amides is 1. The van der Waals surface area contributed by atoms with Crippen LogP contribution in [0.25, 0.3) is 0 Å². The van der Waals surface area contributed by atoms with Crippen molar-refractivity contribution in [3.8, 4) is 0 Å². The molecule has 76 valence electrons. The van der Waals surface area contributed by atoms with E-state index in [0.29, 0.717) is 11.8 Å². The highest BCUT2D eigenvalue weighted by Gasteiger charge is 2.23. The van der Waals surface area contributed by atoms with E-state index in [1.165, 1.54) is 18.6 Å². The first-order chi connectivity index (χ1) is 6.24. The molecule has 1 saturated heterocycles. The van der Waals surface area contributed by atoms with Crippen molar-refractivity contribution in [2.24, 2.45) is 5.73 Å². The number of carbonyl (C=O) groups is 1. The van der Waals surface area contributed by atoms with Crippen molar-refractivity contribution in [1.29, 1.82) is 0 Å². The zero-order valence-corrected chi connectivity index (χ0v) is 8.98. The molecule has 3 nitrogen and oxygen atoms in total. The van der Waals surface area contributed by atoms with Crippen LogP contribution in [0.2, 0.25) is 0 Å². The Bertz CT molecular complexity index is 175. The van der Waals surface area contributed by atoms with Gasteiger partial charge in [-0.25, -0.2) is 0 Å². The van der Waals surface area contributed by atoms with Crippen LogP contribution in [-0.4, -0.2) is 35.0 Å². The summed E-state index contributed by atoms with van der Waals surface area (Å²) < 4.78 is 0. The average Bonchev–Trinajstić information content (AvgIpc) is 2.49. The molecule has 0 aromatic heterocycles. The van der Waals surface area contributed by atoms with Crippen molar-refractivity contribution in [2.45, 2.75) is 31.6 Å². The van der Waals surface area contributed by atoms with Gasteiger partial charge in [0.15, 0.2) is 0 Å². The van der Waals surface area contributed by atoms with Crippen LogP contribution in [0.1, 0.15) is 26.2 Å². The molecule has 0 aromatic carbocycles. The molecular weight excluding hydrogens is 184 g/mol. The lowest BCUT2D eigenvalue weighted by Crippen LogP contribution is -2.31. The summed E-state index contributed by atoms with van der Waals surface area (Å²) in [6.45, 7) is 4.15. The van der Waals surface area contributed by atoms with Crippen LogP contribution in [0.4, 0.5) is 0 Å². The van der Waals surface area contributed by atoms with Crippen molar-refractivity contribution in [2.75, 3.05) is 18.8 Å². The van der Waals surface area contributed by atoms with Crippen molar-refractivity contribution >= 4 is 17.7 Å². The minimum absolute atomic E-state index is 0.188. The highest BCUT2D eigenvalue weighted by molar-refractivity contribution is 8.00. The largest absolute Gasteiger partial charge is 0.370 e. The van der Waals surface area contributed by atoms with Gasteiger partial charge in [0, 0.05) is 25.3 Å². The lowest BCUT2D eigenvalue weighted by atomic mass is 10.3. The predicted molar refractivity (Wildman–Crippen MR) is 56.5 cm³/mol. The Morgan fingerprint density at radius 2 is 2.46 bits per heavy atom. The molecule has 0 aliphatic carbocycles. The summed E-state index contributed by atoms with van der Waals surface area (Å²) in [6, 6.07) is 0. The van der Waals surface area contributed by atoms with Crippen molar-refractivity contribution in [3.63, 3.8) is 0 Å². The molecule has 0 bridgehead atoms. The smallest absolute Gasteiger partial charge is 0.218 e. The second kappa shape index (κ2) is 5.50. The molecule has 0 unspecified atom stereocenters. The molecule has 0 radical (unpaired) electrons. The lowest BCUT2D eigenvalue weighted by Gasteiger charge is -2.22. The fourth-order valence-corrected chi connectivity index (χ4v) is 3.01. The van der Waals surface area contributed by atoms with Gasteiger partial charge in [-0.05, 0) is 6.42 Å². The fraction of sp³-hybridized carbons (Fsp3) is 0.889. The van der Waals surface area contributed by atoms with Gasteiger partial charge in [0.1, 0.15) is 0 Å². The number of amides is 1. The topological polar surface area (TPSA) is 46.3 Å². The third kappa shape index (κ3) is 3.56. The second-order valence-corrected chi connectivity index (χ2v) is 4.65. The van der Waals surface area contributed by atoms with E-state index in [4.69, 9.17) is 5.73 Å². The average molecular weight is 202 g/mol. The van der Waals surface area contributed by atoms with Crippen LogP contribution < -0.4 is 5.73 Å². The van der Waals surface area contributed by atoms with E-state index in [1.54, 1.807) is 0 Å². The van der Waals surface area contributed by atoms with Crippen LogP contribution in [0.3, 0.4) is 0 Å². The molecule has 1 amide bonds. The Kier molecular flexibility index (Phi) is 4.59. The van der Waals surface area contributed by atoms with Gasteiger partial charge in [-0.15, -0.1) is 11.8 Å². The molecular formula is C9H18N2OS. The van der Waals surface area contributed by atoms with Crippen LogP contribution in [-0.2, 0) is 4.79 Å². The number of hydrogen-bond donors (Lipinski definition) is 1. The van der Waals surface area contributed by atoms with Gasteiger partial charge in [-0.3, -0.25) is 9.69 Å². The minimum atomic E-state index is -0.188. The maximum Gasteiger partial charge on any atom is 0.218 e. The monoisotopic (exact) mass is 202 g/mol. The van der Waals surface area contributed by atoms with Crippen LogP contribution in [0, 0.1) is 0 Å². The molecule has 4 heteroatoms. The van der Waals surface area contributed by atoms with Crippen molar-refractivity contribution < 1.29 is 4.79 Å². The summed E-state index contributed by atoms with van der Waals surface area (Å²) in [6.07, 6.45) is 2.94. The number of rotatable bonds is 5. The quantitative estimate of drug-likeness (QED) is 0.724. The van der Waals surface area contributed by atoms with Crippen LogP contribution in [0.5, 0.6) is 0 Å². The third-order valence-corrected chi connectivity index (χ3v) is 3.61. The molecule has 1 aliphatic rings. The van der Waals surface area contributed by atoms with E-state index in [-0.39, 0.29) is 5.91 Å².